The summed E-state index contributed by atoms with van der Waals surface area (Å²) in [4.78, 5) is 11.3. The van der Waals surface area contributed by atoms with Gasteiger partial charge in [-0.2, -0.15) is 0 Å². The van der Waals surface area contributed by atoms with Gasteiger partial charge in [-0.3, -0.25) is 0 Å². The number of ether oxygens (including phenoxy) is 1. The van der Waals surface area contributed by atoms with Gasteiger partial charge in [0.25, 0.3) is 0 Å². The summed E-state index contributed by atoms with van der Waals surface area (Å²) in [5.41, 5.74) is 1.67. The van der Waals surface area contributed by atoms with E-state index < -0.39 is 0 Å². The Balaban J connectivity index is 2.41. The van der Waals surface area contributed by atoms with E-state index in [1.165, 1.54) is 0 Å². The topological polar surface area (TPSA) is 26.3 Å². The summed E-state index contributed by atoms with van der Waals surface area (Å²) < 4.78 is 5.16. The van der Waals surface area contributed by atoms with E-state index in [1.54, 1.807) is 12.1 Å². The highest BCUT2D eigenvalue weighted by atomic mass is 16.5. The van der Waals surface area contributed by atoms with Crippen molar-refractivity contribution in [2.75, 3.05) is 0 Å². The van der Waals surface area contributed by atoms with E-state index in [0.717, 1.165) is 5.56 Å². The Bertz CT molecular complexity index is 355. The normalized spacial score (nSPS) is 19.4. The van der Waals surface area contributed by atoms with Gasteiger partial charge in [-0.1, -0.05) is 24.3 Å². The fourth-order valence-electron chi connectivity index (χ4n) is 1.55. The monoisotopic (exact) mass is 174 g/mol. The summed E-state index contributed by atoms with van der Waals surface area (Å²) in [6, 6.07) is 7.47. The zero-order valence-corrected chi connectivity index (χ0v) is 7.19. The molecule has 1 aliphatic heterocycles. The molecule has 0 aliphatic carbocycles. The molecule has 1 atom stereocenters. The fraction of sp³-hybridized carbons (Fsp3) is 0.182. The number of esters is 1. The summed E-state index contributed by atoms with van der Waals surface area (Å²) >= 11 is 0. The first-order chi connectivity index (χ1) is 6.33. The van der Waals surface area contributed by atoms with Crippen LogP contribution in [0.25, 0.3) is 0 Å². The summed E-state index contributed by atoms with van der Waals surface area (Å²) in [5, 5.41) is 0. The predicted octanol–water partition coefficient (Wildman–Crippen LogP) is 2.47. The molecule has 0 spiro atoms. The van der Waals surface area contributed by atoms with Crippen molar-refractivity contribution in [3.05, 3.63) is 48.0 Å². The van der Waals surface area contributed by atoms with Gasteiger partial charge in [-0.25, -0.2) is 4.79 Å². The highest BCUT2D eigenvalue weighted by Crippen LogP contribution is 2.32. The van der Waals surface area contributed by atoms with Crippen LogP contribution in [0.1, 0.15) is 28.4 Å². The molecule has 1 heterocycles. The van der Waals surface area contributed by atoms with Gasteiger partial charge in [0.2, 0.25) is 0 Å². The molecule has 1 aromatic rings. The minimum Gasteiger partial charge on any atom is -0.454 e. The maximum atomic E-state index is 11.3. The minimum absolute atomic E-state index is 0.124. The van der Waals surface area contributed by atoms with Crippen LogP contribution in [0, 0.1) is 0 Å². The van der Waals surface area contributed by atoms with Gasteiger partial charge in [-0.15, -0.1) is 6.58 Å². The van der Waals surface area contributed by atoms with Crippen molar-refractivity contribution in [1.82, 2.24) is 0 Å². The Kier molecular flexibility index (Phi) is 1.89. The number of cyclic esters (lactones) is 1. The molecule has 0 saturated carbocycles. The third kappa shape index (κ3) is 1.24. The van der Waals surface area contributed by atoms with E-state index in [9.17, 15) is 4.79 Å². The van der Waals surface area contributed by atoms with Crippen molar-refractivity contribution < 1.29 is 9.53 Å². The van der Waals surface area contributed by atoms with Gasteiger partial charge in [-0.05, 0) is 6.07 Å². The Labute approximate surface area is 76.8 Å². The molecule has 0 fully saturated rings. The lowest BCUT2D eigenvalue weighted by Gasteiger charge is -2.06. The Morgan fingerprint density at radius 3 is 3.00 bits per heavy atom. The largest absolute Gasteiger partial charge is 0.454 e. The first-order valence-electron chi connectivity index (χ1n) is 4.23. The number of fused-ring (bicyclic) bond motifs is 1. The van der Waals surface area contributed by atoms with Crippen molar-refractivity contribution >= 4 is 5.97 Å². The van der Waals surface area contributed by atoms with Crippen LogP contribution in [-0.4, -0.2) is 5.97 Å². The van der Waals surface area contributed by atoms with Crippen molar-refractivity contribution in [1.29, 1.82) is 0 Å². The summed E-state index contributed by atoms with van der Waals surface area (Å²) in [6.07, 6.45) is 2.32. The molecule has 13 heavy (non-hydrogen) atoms. The standard InChI is InChI=1S/C11H10O2/c1-2-5-10-8-6-3-4-7-9(8)11(12)13-10/h2-4,6-7,10H,1,5H2/t10-/m1/s1. The molecule has 0 bridgehead atoms. The fourth-order valence-corrected chi connectivity index (χ4v) is 1.55. The molecule has 66 valence electrons. The second-order valence-electron chi connectivity index (χ2n) is 3.01. The molecule has 0 amide bonds. The van der Waals surface area contributed by atoms with Gasteiger partial charge in [0, 0.05) is 12.0 Å². The third-order valence-electron chi connectivity index (χ3n) is 2.16. The molecular weight excluding hydrogens is 164 g/mol. The van der Waals surface area contributed by atoms with Crippen LogP contribution in [0.15, 0.2) is 36.9 Å². The zero-order chi connectivity index (χ0) is 9.26. The van der Waals surface area contributed by atoms with Crippen molar-refractivity contribution in [2.45, 2.75) is 12.5 Å². The van der Waals surface area contributed by atoms with Crippen LogP contribution in [0.2, 0.25) is 0 Å². The van der Waals surface area contributed by atoms with E-state index >= 15 is 0 Å². The maximum absolute atomic E-state index is 11.3. The second kappa shape index (κ2) is 3.05. The van der Waals surface area contributed by atoms with Gasteiger partial charge in [0.05, 0.1) is 5.56 Å². The van der Waals surface area contributed by atoms with Crippen LogP contribution >= 0.6 is 0 Å². The van der Waals surface area contributed by atoms with Crippen LogP contribution in [0.3, 0.4) is 0 Å². The molecular formula is C11H10O2. The van der Waals surface area contributed by atoms with Crippen LogP contribution < -0.4 is 0 Å². The summed E-state index contributed by atoms with van der Waals surface area (Å²) in [7, 11) is 0. The maximum Gasteiger partial charge on any atom is 0.339 e. The van der Waals surface area contributed by atoms with Crippen LogP contribution in [0.5, 0.6) is 0 Å². The Morgan fingerprint density at radius 2 is 2.23 bits per heavy atom. The highest BCUT2D eigenvalue weighted by Gasteiger charge is 2.28. The molecule has 2 nitrogen and oxygen atoms in total. The van der Waals surface area contributed by atoms with E-state index in [0.29, 0.717) is 12.0 Å². The van der Waals surface area contributed by atoms with E-state index in [-0.39, 0.29) is 12.1 Å². The molecule has 0 saturated heterocycles. The minimum atomic E-state index is -0.220. The van der Waals surface area contributed by atoms with E-state index in [1.807, 2.05) is 18.2 Å². The summed E-state index contributed by atoms with van der Waals surface area (Å²) in [6.45, 7) is 3.63. The zero-order valence-electron chi connectivity index (χ0n) is 7.19. The van der Waals surface area contributed by atoms with Gasteiger partial charge >= 0.3 is 5.97 Å². The molecule has 2 heteroatoms. The first kappa shape index (κ1) is 8.05. The molecule has 1 aliphatic rings. The van der Waals surface area contributed by atoms with Gasteiger partial charge < -0.3 is 4.74 Å². The quantitative estimate of drug-likeness (QED) is 0.508. The molecule has 1 aromatic carbocycles. The van der Waals surface area contributed by atoms with Gasteiger partial charge in [0.15, 0.2) is 0 Å². The Morgan fingerprint density at radius 1 is 1.46 bits per heavy atom. The third-order valence-corrected chi connectivity index (χ3v) is 2.16. The van der Waals surface area contributed by atoms with Crippen molar-refractivity contribution in [2.24, 2.45) is 0 Å². The number of hydrogen-bond acceptors (Lipinski definition) is 2. The average molecular weight is 174 g/mol. The summed E-state index contributed by atoms with van der Waals surface area (Å²) in [5.74, 6) is -0.220. The second-order valence-corrected chi connectivity index (χ2v) is 3.01. The highest BCUT2D eigenvalue weighted by molar-refractivity contribution is 5.93. The van der Waals surface area contributed by atoms with Gasteiger partial charge in [0.1, 0.15) is 6.10 Å². The van der Waals surface area contributed by atoms with Crippen LogP contribution in [0.4, 0.5) is 0 Å². The van der Waals surface area contributed by atoms with Crippen molar-refractivity contribution in [3.63, 3.8) is 0 Å². The lowest BCUT2D eigenvalue weighted by molar-refractivity contribution is 0.0392. The SMILES string of the molecule is C=CC[C@H]1OC(=O)c2ccccc21. The van der Waals surface area contributed by atoms with Crippen LogP contribution in [-0.2, 0) is 4.74 Å². The van der Waals surface area contributed by atoms with Crippen molar-refractivity contribution in [3.8, 4) is 0 Å². The number of rotatable bonds is 2. The first-order valence-corrected chi connectivity index (χ1v) is 4.23. The average Bonchev–Trinajstić information content (AvgIpc) is 2.46. The number of carbonyl (C=O) groups is 1. The molecule has 0 aromatic heterocycles. The molecule has 0 N–H and O–H groups in total. The lowest BCUT2D eigenvalue weighted by Crippen LogP contribution is -1.96. The van der Waals surface area contributed by atoms with E-state index in [4.69, 9.17) is 4.74 Å². The molecule has 0 unspecified atom stereocenters. The number of benzene rings is 1. The predicted molar refractivity (Wildman–Crippen MR) is 49.4 cm³/mol. The molecule has 0 radical (unpaired) electrons. The lowest BCUT2D eigenvalue weighted by atomic mass is 10.0. The van der Waals surface area contributed by atoms with E-state index in [2.05, 4.69) is 6.58 Å². The molecule has 2 rings (SSSR count). The Hall–Kier alpha value is -1.57. The smallest absolute Gasteiger partial charge is 0.339 e. The number of carbonyl (C=O) groups excluding carboxylic acids is 1. The number of hydrogen-bond donors (Lipinski definition) is 0.